The van der Waals surface area contributed by atoms with Gasteiger partial charge >= 0.3 is 0 Å². The molecule has 0 aliphatic carbocycles. The van der Waals surface area contributed by atoms with E-state index in [1.807, 2.05) is 27.7 Å². The molecule has 0 saturated heterocycles. The van der Waals surface area contributed by atoms with E-state index in [0.29, 0.717) is 5.71 Å². The number of allylic oxidation sites excluding steroid dienone is 2. The highest BCUT2D eigenvalue weighted by Gasteiger charge is 2.18. The van der Waals surface area contributed by atoms with Gasteiger partial charge in [0.15, 0.2) is 5.78 Å². The molecule has 0 saturated carbocycles. The van der Waals surface area contributed by atoms with E-state index >= 15 is 0 Å². The van der Waals surface area contributed by atoms with Crippen LogP contribution in [0.15, 0.2) is 16.3 Å². The van der Waals surface area contributed by atoms with E-state index in [2.05, 4.69) is 9.99 Å². The number of Topliss-reactive ketones (excluding diaryl/α,β-unsaturated/α-hetero) is 1. The van der Waals surface area contributed by atoms with Crippen molar-refractivity contribution in [3.8, 4) is 0 Å². The maximum Gasteiger partial charge on any atom is 0.177 e. The summed E-state index contributed by atoms with van der Waals surface area (Å²) in [7, 11) is 1.45. The highest BCUT2D eigenvalue weighted by Crippen LogP contribution is 2.16. The lowest BCUT2D eigenvalue weighted by Crippen LogP contribution is -2.21. The number of ketones is 1. The van der Waals surface area contributed by atoms with Crippen LogP contribution < -0.4 is 0 Å². The van der Waals surface area contributed by atoms with Crippen molar-refractivity contribution in [3.05, 3.63) is 11.1 Å². The van der Waals surface area contributed by atoms with Gasteiger partial charge in [-0.15, -0.1) is 0 Å². The molecule has 3 heteroatoms. The van der Waals surface area contributed by atoms with Crippen LogP contribution in [0.2, 0.25) is 0 Å². The summed E-state index contributed by atoms with van der Waals surface area (Å²) in [6, 6.07) is 0. The summed E-state index contributed by atoms with van der Waals surface area (Å²) in [5.41, 5.74) is 2.85. The average Bonchev–Trinajstić information content (AvgIpc) is 2.11. The van der Waals surface area contributed by atoms with Crippen LogP contribution in [0.25, 0.3) is 0 Å². The van der Waals surface area contributed by atoms with Crippen LogP contribution in [-0.2, 0) is 9.63 Å². The summed E-state index contributed by atoms with van der Waals surface area (Å²) >= 11 is 0. The minimum absolute atomic E-state index is 0.0254. The van der Waals surface area contributed by atoms with Gasteiger partial charge < -0.3 is 4.84 Å². The topological polar surface area (TPSA) is 38.7 Å². The van der Waals surface area contributed by atoms with Crippen molar-refractivity contribution in [2.75, 3.05) is 7.11 Å². The number of nitrogens with zero attached hydrogens (tertiary/aromatic N) is 1. The third-order valence-corrected chi connectivity index (χ3v) is 2.40. The molecule has 0 rings (SSSR count). The molecule has 0 fully saturated rings. The smallest absolute Gasteiger partial charge is 0.177 e. The monoisotopic (exact) mass is 197 g/mol. The summed E-state index contributed by atoms with van der Waals surface area (Å²) in [6.07, 6.45) is 0. The largest absolute Gasteiger partial charge is 0.399 e. The first-order chi connectivity index (χ1) is 6.41. The van der Waals surface area contributed by atoms with Gasteiger partial charge in [-0.2, -0.15) is 0 Å². The standard InChI is InChI=1S/C11H19NO2/c1-7(2)8(3)9(4)11(10(5)13)12-14-6/h9H,1-6H3/b12-11-. The zero-order chi connectivity index (χ0) is 11.3. The molecule has 0 radical (unpaired) electrons. The van der Waals surface area contributed by atoms with Gasteiger partial charge in [0.2, 0.25) is 0 Å². The van der Waals surface area contributed by atoms with Gasteiger partial charge in [0, 0.05) is 12.8 Å². The molecule has 0 aromatic rings. The maximum atomic E-state index is 11.3. The molecule has 0 aliphatic rings. The Morgan fingerprint density at radius 2 is 1.71 bits per heavy atom. The number of hydrogen-bond donors (Lipinski definition) is 0. The Balaban J connectivity index is 4.98. The third kappa shape index (κ3) is 3.32. The van der Waals surface area contributed by atoms with Gasteiger partial charge in [0.1, 0.15) is 12.8 Å². The fourth-order valence-electron chi connectivity index (χ4n) is 1.18. The number of carbonyl (C=O) groups excluding carboxylic acids is 1. The van der Waals surface area contributed by atoms with Crippen LogP contribution in [0.5, 0.6) is 0 Å². The summed E-state index contributed by atoms with van der Waals surface area (Å²) in [5.74, 6) is -0.0163. The molecule has 1 atom stereocenters. The van der Waals surface area contributed by atoms with Crippen LogP contribution >= 0.6 is 0 Å². The van der Waals surface area contributed by atoms with Gasteiger partial charge in [-0.1, -0.05) is 23.2 Å². The van der Waals surface area contributed by atoms with Crippen molar-refractivity contribution >= 4 is 11.5 Å². The van der Waals surface area contributed by atoms with Gasteiger partial charge in [-0.25, -0.2) is 0 Å². The van der Waals surface area contributed by atoms with Gasteiger partial charge in [0.05, 0.1) is 0 Å². The number of hydrogen-bond acceptors (Lipinski definition) is 3. The van der Waals surface area contributed by atoms with Gasteiger partial charge in [-0.3, -0.25) is 4.79 Å². The Bertz CT molecular complexity index is 273. The van der Waals surface area contributed by atoms with Crippen LogP contribution in [0.4, 0.5) is 0 Å². The normalized spacial score (nSPS) is 13.4. The van der Waals surface area contributed by atoms with E-state index in [1.165, 1.54) is 19.6 Å². The van der Waals surface area contributed by atoms with Crippen LogP contribution in [0.3, 0.4) is 0 Å². The molecule has 0 heterocycles. The van der Waals surface area contributed by atoms with Crippen molar-refractivity contribution in [1.29, 1.82) is 0 Å². The molecule has 0 amide bonds. The minimum Gasteiger partial charge on any atom is -0.399 e. The lowest BCUT2D eigenvalue weighted by molar-refractivity contribution is -0.111. The molecular formula is C11H19NO2. The highest BCUT2D eigenvalue weighted by molar-refractivity contribution is 6.40. The van der Waals surface area contributed by atoms with Gasteiger partial charge in [-0.05, 0) is 20.8 Å². The Morgan fingerprint density at radius 3 is 2.00 bits per heavy atom. The average molecular weight is 197 g/mol. The van der Waals surface area contributed by atoms with Crippen molar-refractivity contribution in [2.45, 2.75) is 34.6 Å². The van der Waals surface area contributed by atoms with E-state index < -0.39 is 0 Å². The molecule has 0 bridgehead atoms. The second-order valence-corrected chi connectivity index (χ2v) is 3.62. The molecule has 80 valence electrons. The molecule has 14 heavy (non-hydrogen) atoms. The van der Waals surface area contributed by atoms with Crippen LogP contribution in [0, 0.1) is 5.92 Å². The predicted octanol–water partition coefficient (Wildman–Crippen LogP) is 2.57. The molecular weight excluding hydrogens is 178 g/mol. The highest BCUT2D eigenvalue weighted by atomic mass is 16.6. The Labute approximate surface area is 85.8 Å². The predicted molar refractivity (Wildman–Crippen MR) is 58.3 cm³/mol. The van der Waals surface area contributed by atoms with Crippen molar-refractivity contribution < 1.29 is 9.63 Å². The van der Waals surface area contributed by atoms with E-state index in [9.17, 15) is 4.79 Å². The third-order valence-electron chi connectivity index (χ3n) is 2.40. The Hall–Kier alpha value is -1.12. The Morgan fingerprint density at radius 1 is 1.21 bits per heavy atom. The van der Waals surface area contributed by atoms with E-state index in [1.54, 1.807) is 0 Å². The summed E-state index contributed by atoms with van der Waals surface area (Å²) in [4.78, 5) is 15.9. The number of oxime groups is 1. The fraction of sp³-hybridized carbons (Fsp3) is 0.636. The van der Waals surface area contributed by atoms with Crippen molar-refractivity contribution in [1.82, 2.24) is 0 Å². The second kappa shape index (κ2) is 5.58. The molecule has 0 aromatic heterocycles. The van der Waals surface area contributed by atoms with E-state index in [-0.39, 0.29) is 11.7 Å². The zero-order valence-corrected chi connectivity index (χ0v) is 9.84. The van der Waals surface area contributed by atoms with Crippen molar-refractivity contribution in [3.63, 3.8) is 0 Å². The molecule has 0 aromatic carbocycles. The zero-order valence-electron chi connectivity index (χ0n) is 9.84. The number of rotatable bonds is 4. The molecule has 0 aliphatic heterocycles. The summed E-state index contributed by atoms with van der Waals surface area (Å²) in [6.45, 7) is 9.52. The van der Waals surface area contributed by atoms with Crippen LogP contribution in [0.1, 0.15) is 34.6 Å². The first-order valence-electron chi connectivity index (χ1n) is 4.67. The summed E-state index contributed by atoms with van der Waals surface area (Å²) in [5, 5.41) is 3.76. The van der Waals surface area contributed by atoms with E-state index in [0.717, 1.165) is 5.57 Å². The lowest BCUT2D eigenvalue weighted by atomic mass is 9.92. The fourth-order valence-corrected chi connectivity index (χ4v) is 1.18. The molecule has 3 nitrogen and oxygen atoms in total. The lowest BCUT2D eigenvalue weighted by Gasteiger charge is -2.14. The first-order valence-corrected chi connectivity index (χ1v) is 4.67. The second-order valence-electron chi connectivity index (χ2n) is 3.62. The number of carbonyl (C=O) groups is 1. The Kier molecular flexibility index (Phi) is 5.13. The van der Waals surface area contributed by atoms with Crippen LogP contribution in [-0.4, -0.2) is 18.6 Å². The first kappa shape index (κ1) is 12.9. The minimum atomic E-state index is -0.0417. The SMILES string of the molecule is CO/N=C(\C(C)=O)C(C)C(C)=C(C)C. The molecule has 0 spiro atoms. The quantitative estimate of drug-likeness (QED) is 0.394. The van der Waals surface area contributed by atoms with Crippen molar-refractivity contribution in [2.24, 2.45) is 11.1 Å². The van der Waals surface area contributed by atoms with Gasteiger partial charge in [0.25, 0.3) is 0 Å². The maximum absolute atomic E-state index is 11.3. The molecule has 0 N–H and O–H groups in total. The molecule has 1 unspecified atom stereocenters. The summed E-state index contributed by atoms with van der Waals surface area (Å²) < 4.78 is 0. The van der Waals surface area contributed by atoms with E-state index in [4.69, 9.17) is 0 Å².